The number of esters is 4. The molecular weight excluding hydrogens is 1240 g/mol. The summed E-state index contributed by atoms with van der Waals surface area (Å²) in [7, 11) is 0. The van der Waals surface area contributed by atoms with E-state index in [0.717, 1.165) is 22.8 Å². The van der Waals surface area contributed by atoms with Crippen LogP contribution >= 0.6 is 0 Å². The lowest BCUT2D eigenvalue weighted by atomic mass is 9.74. The van der Waals surface area contributed by atoms with E-state index in [-0.39, 0.29) is 89.7 Å². The van der Waals surface area contributed by atoms with E-state index >= 15 is 0 Å². The van der Waals surface area contributed by atoms with E-state index in [0.29, 0.717) is 57.5 Å². The molecule has 3 aromatic rings. The lowest BCUT2D eigenvalue weighted by Crippen LogP contribution is -2.57. The van der Waals surface area contributed by atoms with Crippen molar-refractivity contribution in [2.45, 2.75) is 199 Å². The minimum atomic E-state index is -1.78. The molecule has 514 valence electrons. The highest BCUT2D eigenvalue weighted by Gasteiger charge is 2.45. The summed E-state index contributed by atoms with van der Waals surface area (Å²) in [6, 6.07) is 0. The largest absolute Gasteiger partial charge is 0.463 e. The Morgan fingerprint density at radius 1 is 0.409 bits per heavy atom. The third kappa shape index (κ3) is 16.8. The predicted octanol–water partition coefficient (Wildman–Crippen LogP) is -6.18. The Morgan fingerprint density at radius 2 is 0.656 bits per heavy atom. The Balaban J connectivity index is 0.743. The zero-order valence-electron chi connectivity index (χ0n) is 52.1. The molecule has 0 amide bonds. The third-order valence-corrected chi connectivity index (χ3v) is 18.1. The van der Waals surface area contributed by atoms with Crippen molar-refractivity contribution in [1.82, 2.24) is 41.1 Å². The van der Waals surface area contributed by atoms with E-state index in [4.69, 9.17) is 42.6 Å². The number of aliphatic hydroxyl groups excluding tert-OH is 4. The van der Waals surface area contributed by atoms with Crippen molar-refractivity contribution in [3.05, 3.63) is 94.4 Å². The van der Waals surface area contributed by atoms with Gasteiger partial charge in [-0.05, 0) is 63.7 Å². The topological polar surface area (TPSA) is 447 Å². The van der Waals surface area contributed by atoms with Gasteiger partial charge in [-0.1, -0.05) is 20.8 Å². The summed E-state index contributed by atoms with van der Waals surface area (Å²) in [5.41, 5.74) is -10.7. The number of ether oxygens (including phenoxy) is 9. The normalized spacial score (nSPS) is 27.2. The molecule has 93 heavy (non-hydrogen) atoms. The number of hydrogen-bond donors (Lipinski definition) is 4. The lowest BCUT2D eigenvalue weighted by Gasteiger charge is -2.36. The van der Waals surface area contributed by atoms with Crippen molar-refractivity contribution < 1.29 is 82.2 Å². The molecule has 16 unspecified atom stereocenters. The summed E-state index contributed by atoms with van der Waals surface area (Å²) >= 11 is 0. The number of aromatic nitrogens is 9. The van der Waals surface area contributed by atoms with Gasteiger partial charge in [0.05, 0.1) is 152 Å². The van der Waals surface area contributed by atoms with Crippen LogP contribution in [0.4, 0.5) is 0 Å². The van der Waals surface area contributed by atoms with Gasteiger partial charge in [0.25, 0.3) is 0 Å². The summed E-state index contributed by atoms with van der Waals surface area (Å²) in [6.45, 7) is 2.29. The second-order valence-electron chi connectivity index (χ2n) is 26.0. The molecule has 7 aliphatic rings. The van der Waals surface area contributed by atoms with Gasteiger partial charge in [0, 0.05) is 6.42 Å². The molecule has 5 aliphatic heterocycles. The van der Waals surface area contributed by atoms with Crippen molar-refractivity contribution in [3.8, 4) is 0 Å². The molecule has 35 heteroatoms. The minimum Gasteiger partial charge on any atom is -0.463 e. The molecule has 35 nitrogen and oxygen atoms in total. The highest BCUT2D eigenvalue weighted by atomic mass is 16.6. The monoisotopic (exact) mass is 1320 g/mol. The predicted molar refractivity (Wildman–Crippen MR) is 313 cm³/mol. The number of carbonyl (C=O) groups excluding carboxylic acids is 4. The number of nitrogens with zero attached hydrogens (tertiary/aromatic N) is 9. The SMILES string of the molecule is CCC(C)(CC(O)Cn1c(=O)n(CC2CO2)c(=O)n(CC2CO2)c1=O)OC(=O)C1CC(C)CCC1C(=O)OCC(O)Cn1c(=O)n(CC(O)COC(=O)C2CC(C)CCC2C(=O)OCC(O)Cn2c(=O)n(CC3CO3)c(=O)n(CC3CO3)c2=O)c(=O)n(CC2CO2)c1=O. The van der Waals surface area contributed by atoms with Gasteiger partial charge in [-0.2, -0.15) is 0 Å². The zero-order valence-corrected chi connectivity index (χ0v) is 52.1. The maximum absolute atomic E-state index is 14.1. The van der Waals surface area contributed by atoms with Crippen LogP contribution < -0.4 is 51.2 Å². The van der Waals surface area contributed by atoms with Crippen LogP contribution in [0.5, 0.6) is 0 Å². The molecule has 4 N–H and O–H groups in total. The highest BCUT2D eigenvalue weighted by Crippen LogP contribution is 2.38. The molecule has 5 saturated heterocycles. The van der Waals surface area contributed by atoms with Crippen LogP contribution in [0.2, 0.25) is 0 Å². The second-order valence-corrected chi connectivity index (χ2v) is 26.0. The van der Waals surface area contributed by atoms with Gasteiger partial charge in [0.15, 0.2) is 0 Å². The van der Waals surface area contributed by atoms with Crippen LogP contribution in [0.1, 0.15) is 79.1 Å². The fourth-order valence-electron chi connectivity index (χ4n) is 12.2. The first kappa shape index (κ1) is 68.6. The van der Waals surface area contributed by atoms with Crippen molar-refractivity contribution in [1.29, 1.82) is 0 Å². The van der Waals surface area contributed by atoms with E-state index in [1.807, 2.05) is 13.8 Å². The first-order valence-electron chi connectivity index (χ1n) is 31.6. The van der Waals surface area contributed by atoms with Crippen LogP contribution in [0.3, 0.4) is 0 Å². The number of epoxide rings is 5. The van der Waals surface area contributed by atoms with E-state index in [1.54, 1.807) is 13.8 Å². The summed E-state index contributed by atoms with van der Waals surface area (Å²) in [4.78, 5) is 177. The van der Waals surface area contributed by atoms with Crippen LogP contribution in [0, 0.1) is 35.5 Å². The van der Waals surface area contributed by atoms with Crippen molar-refractivity contribution >= 4 is 23.9 Å². The molecule has 0 spiro atoms. The van der Waals surface area contributed by atoms with Crippen LogP contribution in [0.25, 0.3) is 0 Å². The standard InChI is InChI=1S/C58H81N9O26/c1-5-58(4,12-32(68)13-59-50(77)64(18-37-26-86-37)56(83)65(51(59)78)19-38-27-87-38)93-48(75)44-11-31(3)7-9-42(44)46(73)91-23-33(69)14-60-49(76)61(53(80)63(52(60)79)17-36-25-85-36)15-35(71)24-92-47(74)43-10-30(2)6-8-41(43)45(72)90-22-34(70)16-62-54(81)66(20-39-28-88-39)57(84)67(55(62)82)21-40-29-89-40/h30-44,68-71H,5-29H2,1-4H3. The molecule has 7 fully saturated rings. The van der Waals surface area contributed by atoms with E-state index < -0.39 is 205 Å². The summed E-state index contributed by atoms with van der Waals surface area (Å²) in [5.74, 6) is -8.13. The number of rotatable bonds is 32. The average Bonchev–Trinajstić information content (AvgIpc) is 1.77. The Morgan fingerprint density at radius 3 is 0.935 bits per heavy atom. The smallest absolute Gasteiger partial charge is 0.336 e. The van der Waals surface area contributed by atoms with Gasteiger partial charge in [0.1, 0.15) is 43.7 Å². The fourth-order valence-corrected chi connectivity index (χ4v) is 12.2. The van der Waals surface area contributed by atoms with Gasteiger partial charge >= 0.3 is 75.1 Å². The minimum absolute atomic E-state index is 0.0595. The van der Waals surface area contributed by atoms with Gasteiger partial charge in [0.2, 0.25) is 0 Å². The number of hydrogen-bond acceptors (Lipinski definition) is 26. The number of carbonyl (C=O) groups is 4. The van der Waals surface area contributed by atoms with E-state index in [2.05, 4.69) is 0 Å². The van der Waals surface area contributed by atoms with Crippen molar-refractivity contribution in [2.75, 3.05) is 52.9 Å². The first-order valence-corrected chi connectivity index (χ1v) is 31.6. The van der Waals surface area contributed by atoms with Crippen LogP contribution in [0.15, 0.2) is 43.2 Å². The maximum atomic E-state index is 14.1. The summed E-state index contributed by atoms with van der Waals surface area (Å²) in [6.07, 6.45) is -7.38. The molecule has 0 bridgehead atoms. The molecule has 0 radical (unpaired) electrons. The fraction of sp³-hybridized carbons (Fsp3) is 0.776. The lowest BCUT2D eigenvalue weighted by molar-refractivity contribution is -0.176. The average molecular weight is 1320 g/mol. The maximum Gasteiger partial charge on any atom is 0.336 e. The molecule has 0 aromatic carbocycles. The van der Waals surface area contributed by atoms with Crippen molar-refractivity contribution in [2.24, 2.45) is 35.5 Å². The Labute approximate surface area is 527 Å². The van der Waals surface area contributed by atoms with Gasteiger partial charge in [-0.25, -0.2) is 84.3 Å². The second kappa shape index (κ2) is 28.8. The Hall–Kier alpha value is -7.25. The van der Waals surface area contributed by atoms with Crippen molar-refractivity contribution in [3.63, 3.8) is 0 Å². The first-order chi connectivity index (χ1) is 44.2. The Kier molecular flexibility index (Phi) is 21.2. The van der Waals surface area contributed by atoms with Gasteiger partial charge in [-0.15, -0.1) is 0 Å². The quantitative estimate of drug-likeness (QED) is 0.0257. The molecule has 3 aromatic heterocycles. The molecular formula is C58H81N9O26. The highest BCUT2D eigenvalue weighted by molar-refractivity contribution is 5.83. The zero-order chi connectivity index (χ0) is 66.9. The molecule has 2 aliphatic carbocycles. The molecule has 16 atom stereocenters. The summed E-state index contributed by atoms with van der Waals surface area (Å²) < 4.78 is 54.9. The van der Waals surface area contributed by atoms with Crippen LogP contribution in [-0.4, -0.2) is 199 Å². The summed E-state index contributed by atoms with van der Waals surface area (Å²) in [5, 5.41) is 44.8. The number of aliphatic hydroxyl groups is 4. The van der Waals surface area contributed by atoms with Gasteiger partial charge in [-0.3, -0.25) is 19.2 Å². The van der Waals surface area contributed by atoms with E-state index in [1.165, 1.54) is 0 Å². The molecule has 8 heterocycles. The molecule has 2 saturated carbocycles. The van der Waals surface area contributed by atoms with Gasteiger partial charge < -0.3 is 63.1 Å². The van der Waals surface area contributed by atoms with Crippen LogP contribution in [-0.2, 0) is 121 Å². The van der Waals surface area contributed by atoms with E-state index in [9.17, 15) is 82.8 Å². The Bertz CT molecular complexity index is 3750. The molecule has 10 rings (SSSR count). The third-order valence-electron chi connectivity index (χ3n) is 18.1.